The number of benzene rings is 1. The fourth-order valence-electron chi connectivity index (χ4n) is 1.33. The summed E-state index contributed by atoms with van der Waals surface area (Å²) in [6.45, 7) is -0.188. The molecule has 0 aliphatic heterocycles. The molecule has 1 rings (SSSR count). The monoisotopic (exact) mass is 276 g/mol. The van der Waals surface area contributed by atoms with Crippen LogP contribution in [0.4, 0.5) is 23.7 Å². The van der Waals surface area contributed by atoms with Gasteiger partial charge in [-0.05, 0) is 24.6 Å². The van der Waals surface area contributed by atoms with Crippen molar-refractivity contribution >= 4 is 17.7 Å². The fourth-order valence-corrected chi connectivity index (χ4v) is 1.33. The van der Waals surface area contributed by atoms with E-state index >= 15 is 0 Å². The van der Waals surface area contributed by atoms with E-state index in [0.29, 0.717) is 5.56 Å². The van der Waals surface area contributed by atoms with Gasteiger partial charge in [0, 0.05) is 11.3 Å². The molecule has 0 spiro atoms. The molecule has 0 atom stereocenters. The summed E-state index contributed by atoms with van der Waals surface area (Å²) in [4.78, 5) is 22.2. The SMILES string of the molecule is Cc1c(NC(=O)OCC(F)(F)F)cccc1C(N)=O. The number of carbonyl (C=O) groups is 2. The molecule has 0 saturated heterocycles. The van der Waals surface area contributed by atoms with Crippen LogP contribution in [-0.4, -0.2) is 24.8 Å². The first-order valence-corrected chi connectivity index (χ1v) is 5.10. The van der Waals surface area contributed by atoms with E-state index in [2.05, 4.69) is 10.1 Å². The lowest BCUT2D eigenvalue weighted by Crippen LogP contribution is -2.24. The first-order valence-electron chi connectivity index (χ1n) is 5.10. The normalized spacial score (nSPS) is 10.9. The number of alkyl halides is 3. The second kappa shape index (κ2) is 5.59. The molecule has 0 unspecified atom stereocenters. The lowest BCUT2D eigenvalue weighted by atomic mass is 10.1. The van der Waals surface area contributed by atoms with Crippen LogP contribution in [-0.2, 0) is 4.74 Å². The van der Waals surface area contributed by atoms with E-state index in [4.69, 9.17) is 5.73 Å². The van der Waals surface area contributed by atoms with E-state index < -0.39 is 24.8 Å². The molecule has 0 heterocycles. The number of hydrogen-bond donors (Lipinski definition) is 2. The highest BCUT2D eigenvalue weighted by atomic mass is 19.4. The number of primary amides is 1. The predicted octanol–water partition coefficient (Wildman–Crippen LogP) is 2.20. The number of amides is 2. The van der Waals surface area contributed by atoms with Gasteiger partial charge in [0.25, 0.3) is 0 Å². The highest BCUT2D eigenvalue weighted by Gasteiger charge is 2.29. The van der Waals surface area contributed by atoms with Gasteiger partial charge in [-0.3, -0.25) is 10.1 Å². The minimum atomic E-state index is -4.60. The third-order valence-electron chi connectivity index (χ3n) is 2.20. The number of halogens is 3. The summed E-state index contributed by atoms with van der Waals surface area (Å²) >= 11 is 0. The highest BCUT2D eigenvalue weighted by molar-refractivity contribution is 5.97. The maximum absolute atomic E-state index is 11.8. The Balaban J connectivity index is 2.75. The van der Waals surface area contributed by atoms with Crippen molar-refractivity contribution in [2.24, 2.45) is 5.73 Å². The number of carbonyl (C=O) groups excluding carboxylic acids is 2. The van der Waals surface area contributed by atoms with Crippen LogP contribution >= 0.6 is 0 Å². The molecular weight excluding hydrogens is 265 g/mol. The smallest absolute Gasteiger partial charge is 0.422 e. The van der Waals surface area contributed by atoms with Gasteiger partial charge in [-0.25, -0.2) is 4.79 Å². The lowest BCUT2D eigenvalue weighted by molar-refractivity contribution is -0.159. The van der Waals surface area contributed by atoms with Crippen molar-refractivity contribution in [1.82, 2.24) is 0 Å². The van der Waals surface area contributed by atoms with Gasteiger partial charge in [-0.2, -0.15) is 13.2 Å². The maximum Gasteiger partial charge on any atom is 0.422 e. The molecular formula is C11H11F3N2O3. The molecule has 2 amide bonds. The van der Waals surface area contributed by atoms with E-state index in [1.165, 1.54) is 25.1 Å². The summed E-state index contributed by atoms with van der Waals surface area (Å²) in [5.74, 6) is -0.704. The van der Waals surface area contributed by atoms with Crippen LogP contribution in [0.1, 0.15) is 15.9 Å². The number of anilines is 1. The van der Waals surface area contributed by atoms with Crippen molar-refractivity contribution in [3.63, 3.8) is 0 Å². The molecule has 1 aromatic carbocycles. The first-order chi connectivity index (χ1) is 8.70. The van der Waals surface area contributed by atoms with Gasteiger partial charge in [0.05, 0.1) is 0 Å². The van der Waals surface area contributed by atoms with Gasteiger partial charge in [0.15, 0.2) is 6.61 Å². The van der Waals surface area contributed by atoms with Gasteiger partial charge in [0.1, 0.15) is 0 Å². The van der Waals surface area contributed by atoms with Crippen molar-refractivity contribution in [3.05, 3.63) is 29.3 Å². The number of rotatable bonds is 3. The molecule has 0 aliphatic carbocycles. The minimum absolute atomic E-state index is 0.156. The van der Waals surface area contributed by atoms with E-state index in [-0.39, 0.29) is 11.3 Å². The van der Waals surface area contributed by atoms with E-state index in [0.717, 1.165) is 0 Å². The zero-order chi connectivity index (χ0) is 14.6. The largest absolute Gasteiger partial charge is 0.440 e. The van der Waals surface area contributed by atoms with E-state index in [9.17, 15) is 22.8 Å². The summed E-state index contributed by atoms with van der Waals surface area (Å²) in [5, 5.41) is 2.11. The molecule has 0 fully saturated rings. The molecule has 0 saturated carbocycles. The second-order valence-corrected chi connectivity index (χ2v) is 3.66. The van der Waals surface area contributed by atoms with Crippen molar-refractivity contribution in [2.45, 2.75) is 13.1 Å². The Morgan fingerprint density at radius 2 is 2.00 bits per heavy atom. The maximum atomic E-state index is 11.8. The molecule has 5 nitrogen and oxygen atoms in total. The number of hydrogen-bond acceptors (Lipinski definition) is 3. The summed E-state index contributed by atoms with van der Waals surface area (Å²) in [7, 11) is 0. The summed E-state index contributed by atoms with van der Waals surface area (Å²) in [5.41, 5.74) is 5.76. The third kappa shape index (κ3) is 4.49. The topological polar surface area (TPSA) is 81.4 Å². The summed E-state index contributed by atoms with van der Waals surface area (Å²) in [6, 6.07) is 4.28. The molecule has 0 radical (unpaired) electrons. The van der Waals surface area contributed by atoms with E-state index in [1.54, 1.807) is 0 Å². The highest BCUT2D eigenvalue weighted by Crippen LogP contribution is 2.19. The first kappa shape index (κ1) is 14.8. The zero-order valence-electron chi connectivity index (χ0n) is 9.88. The van der Waals surface area contributed by atoms with Gasteiger partial charge in [-0.1, -0.05) is 6.07 Å². The Morgan fingerprint density at radius 1 is 1.37 bits per heavy atom. The van der Waals surface area contributed by atoms with Crippen LogP contribution in [0.25, 0.3) is 0 Å². The Morgan fingerprint density at radius 3 is 2.53 bits per heavy atom. The van der Waals surface area contributed by atoms with Crippen LogP contribution in [0.2, 0.25) is 0 Å². The van der Waals surface area contributed by atoms with Crippen LogP contribution in [0.5, 0.6) is 0 Å². The standard InChI is InChI=1S/C11H11F3N2O3/c1-6-7(9(15)17)3-2-4-8(6)16-10(18)19-5-11(12,13)14/h2-4H,5H2,1H3,(H2,15,17)(H,16,18). The van der Waals surface area contributed by atoms with Gasteiger partial charge < -0.3 is 10.5 Å². The third-order valence-corrected chi connectivity index (χ3v) is 2.20. The van der Waals surface area contributed by atoms with Crippen molar-refractivity contribution < 1.29 is 27.5 Å². The second-order valence-electron chi connectivity index (χ2n) is 3.66. The molecule has 8 heteroatoms. The molecule has 19 heavy (non-hydrogen) atoms. The van der Waals surface area contributed by atoms with Crippen molar-refractivity contribution in [1.29, 1.82) is 0 Å². The van der Waals surface area contributed by atoms with Crippen LogP contribution in [0.15, 0.2) is 18.2 Å². The number of ether oxygens (including phenoxy) is 1. The van der Waals surface area contributed by atoms with Crippen LogP contribution < -0.4 is 11.1 Å². The van der Waals surface area contributed by atoms with Gasteiger partial charge in [0.2, 0.25) is 5.91 Å². The number of nitrogens with two attached hydrogens (primary N) is 1. The molecule has 1 aromatic rings. The summed E-state index contributed by atoms with van der Waals surface area (Å²) in [6.07, 6.45) is -5.86. The quantitative estimate of drug-likeness (QED) is 0.888. The van der Waals surface area contributed by atoms with Crippen molar-refractivity contribution in [3.8, 4) is 0 Å². The molecule has 3 N–H and O–H groups in total. The Kier molecular flexibility index (Phi) is 4.36. The predicted molar refractivity (Wildman–Crippen MR) is 60.7 cm³/mol. The Labute approximate surface area is 106 Å². The zero-order valence-corrected chi connectivity index (χ0v) is 9.88. The molecule has 104 valence electrons. The molecule has 0 aliphatic rings. The van der Waals surface area contributed by atoms with Gasteiger partial charge in [-0.15, -0.1) is 0 Å². The van der Waals surface area contributed by atoms with Crippen LogP contribution in [0, 0.1) is 6.92 Å². The Hall–Kier alpha value is -2.25. The number of nitrogens with one attached hydrogen (secondary N) is 1. The summed E-state index contributed by atoms with van der Waals surface area (Å²) < 4.78 is 39.5. The fraction of sp³-hybridized carbons (Fsp3) is 0.273. The minimum Gasteiger partial charge on any atom is -0.440 e. The van der Waals surface area contributed by atoms with Crippen LogP contribution in [0.3, 0.4) is 0 Å². The average molecular weight is 276 g/mol. The van der Waals surface area contributed by atoms with Crippen molar-refractivity contribution in [2.75, 3.05) is 11.9 Å². The van der Waals surface area contributed by atoms with E-state index in [1.807, 2.05) is 0 Å². The average Bonchev–Trinajstić information content (AvgIpc) is 2.28. The molecule has 0 bridgehead atoms. The van der Waals surface area contributed by atoms with Gasteiger partial charge >= 0.3 is 12.3 Å². The Bertz CT molecular complexity index is 500. The molecule has 0 aromatic heterocycles. The lowest BCUT2D eigenvalue weighted by Gasteiger charge is -2.12.